The molecular formula is C8H8ClF6NO. The maximum absolute atomic E-state index is 10.6. The first-order valence-electron chi connectivity index (χ1n) is 3.74. The molecule has 0 radical (unpaired) electrons. The van der Waals surface area contributed by atoms with E-state index < -0.39 is 12.7 Å². The number of ether oxygens (including phenoxy) is 1. The molecule has 0 aliphatic rings. The molecule has 17 heavy (non-hydrogen) atoms. The van der Waals surface area contributed by atoms with Crippen LogP contribution >= 0.6 is 12.4 Å². The third-order valence-electron chi connectivity index (χ3n) is 1.03. The first-order valence-corrected chi connectivity index (χ1v) is 3.74. The second kappa shape index (κ2) is 7.23. The zero-order valence-corrected chi connectivity index (χ0v) is 8.86. The summed E-state index contributed by atoms with van der Waals surface area (Å²) in [6.45, 7) is 0. The van der Waals surface area contributed by atoms with Crippen LogP contribution in [0.25, 0.3) is 0 Å². The summed E-state index contributed by atoms with van der Waals surface area (Å²) in [7, 11) is 0. The molecular weight excluding hydrogens is 276 g/mol. The standard InChI is InChI=1S/C6H7N.C2F6O.ClH/c7-6-4-2-1-3-5-6;3-1(4,5)9-2(6,7)8;/h1-5H,7H2;;1H. The molecule has 0 bridgehead atoms. The van der Waals surface area contributed by atoms with Crippen LogP contribution in [0.15, 0.2) is 30.3 Å². The maximum atomic E-state index is 10.6. The lowest BCUT2D eigenvalue weighted by Gasteiger charge is -2.08. The minimum absolute atomic E-state index is 0. The highest BCUT2D eigenvalue weighted by atomic mass is 35.5. The molecule has 0 saturated carbocycles. The first kappa shape index (κ1) is 18.2. The Balaban J connectivity index is 0. The van der Waals surface area contributed by atoms with Crippen molar-refractivity contribution in [3.05, 3.63) is 30.3 Å². The van der Waals surface area contributed by atoms with Crippen molar-refractivity contribution in [2.24, 2.45) is 0 Å². The van der Waals surface area contributed by atoms with Crippen LogP contribution in [0.2, 0.25) is 0 Å². The van der Waals surface area contributed by atoms with Gasteiger partial charge in [0.1, 0.15) is 0 Å². The number of para-hydroxylation sites is 1. The normalized spacial score (nSPS) is 10.9. The number of halogens is 7. The Bertz CT molecular complexity index is 287. The van der Waals surface area contributed by atoms with Crippen LogP contribution < -0.4 is 5.73 Å². The van der Waals surface area contributed by atoms with Gasteiger partial charge in [-0.25, -0.2) is 0 Å². The minimum atomic E-state index is -5.64. The Hall–Kier alpha value is -1.15. The van der Waals surface area contributed by atoms with Crippen LogP contribution in [0.4, 0.5) is 32.0 Å². The van der Waals surface area contributed by atoms with Crippen molar-refractivity contribution in [1.29, 1.82) is 0 Å². The molecule has 0 saturated heterocycles. The summed E-state index contributed by atoms with van der Waals surface area (Å²) in [5.41, 5.74) is 6.18. The summed E-state index contributed by atoms with van der Waals surface area (Å²) in [6.07, 6.45) is -11.3. The van der Waals surface area contributed by atoms with Gasteiger partial charge in [-0.1, -0.05) is 18.2 Å². The lowest BCUT2D eigenvalue weighted by molar-refractivity contribution is -0.463. The molecule has 0 atom stereocenters. The molecule has 1 aromatic rings. The van der Waals surface area contributed by atoms with E-state index in [1.807, 2.05) is 30.3 Å². The van der Waals surface area contributed by atoms with Gasteiger partial charge < -0.3 is 5.73 Å². The summed E-state index contributed by atoms with van der Waals surface area (Å²) in [5, 5.41) is 0. The zero-order valence-electron chi connectivity index (χ0n) is 8.05. The molecule has 0 amide bonds. The second-order valence-corrected chi connectivity index (χ2v) is 2.40. The Morgan fingerprint density at radius 3 is 1.29 bits per heavy atom. The number of hydrogen-bond acceptors (Lipinski definition) is 2. The lowest BCUT2D eigenvalue weighted by Crippen LogP contribution is -2.25. The molecule has 0 aliphatic heterocycles. The monoisotopic (exact) mass is 283 g/mol. The van der Waals surface area contributed by atoms with Gasteiger partial charge in [0, 0.05) is 5.69 Å². The molecule has 0 aromatic heterocycles. The van der Waals surface area contributed by atoms with Crippen molar-refractivity contribution < 1.29 is 31.1 Å². The van der Waals surface area contributed by atoms with E-state index in [1.165, 1.54) is 0 Å². The molecule has 2 N–H and O–H groups in total. The molecule has 0 unspecified atom stereocenters. The van der Waals surface area contributed by atoms with Gasteiger partial charge in [-0.3, -0.25) is 0 Å². The SMILES string of the molecule is Cl.FC(F)(F)OC(F)(F)F.Nc1ccccc1. The number of nitrogens with two attached hydrogens (primary N) is 1. The minimum Gasteiger partial charge on any atom is -0.399 e. The van der Waals surface area contributed by atoms with Crippen molar-refractivity contribution in [2.45, 2.75) is 12.7 Å². The van der Waals surface area contributed by atoms with Crippen molar-refractivity contribution in [1.82, 2.24) is 0 Å². The average molecular weight is 284 g/mol. The number of hydrogen-bond donors (Lipinski definition) is 1. The van der Waals surface area contributed by atoms with Gasteiger partial charge in [-0.05, 0) is 12.1 Å². The van der Waals surface area contributed by atoms with Gasteiger partial charge in [-0.15, -0.1) is 38.7 Å². The molecule has 0 spiro atoms. The van der Waals surface area contributed by atoms with E-state index in [0.717, 1.165) is 5.69 Å². The fourth-order valence-electron chi connectivity index (χ4n) is 0.584. The maximum Gasteiger partial charge on any atom is 0.529 e. The Morgan fingerprint density at radius 2 is 1.18 bits per heavy atom. The molecule has 9 heteroatoms. The van der Waals surface area contributed by atoms with Crippen molar-refractivity contribution in [3.63, 3.8) is 0 Å². The zero-order chi connectivity index (χ0) is 12.8. The molecule has 100 valence electrons. The van der Waals surface area contributed by atoms with Crippen molar-refractivity contribution in [2.75, 3.05) is 5.73 Å². The predicted octanol–water partition coefficient (Wildman–Crippen LogP) is 3.73. The summed E-state index contributed by atoms with van der Waals surface area (Å²) < 4.78 is 65.3. The van der Waals surface area contributed by atoms with Crippen LogP contribution in [-0.4, -0.2) is 12.7 Å². The van der Waals surface area contributed by atoms with Gasteiger partial charge >= 0.3 is 12.7 Å². The van der Waals surface area contributed by atoms with Crippen LogP contribution in [0.3, 0.4) is 0 Å². The fraction of sp³-hybridized carbons (Fsp3) is 0.250. The predicted molar refractivity (Wildman–Crippen MR) is 51.3 cm³/mol. The second-order valence-electron chi connectivity index (χ2n) is 2.40. The highest BCUT2D eigenvalue weighted by molar-refractivity contribution is 5.85. The van der Waals surface area contributed by atoms with Crippen molar-refractivity contribution >= 4 is 18.1 Å². The van der Waals surface area contributed by atoms with Crippen molar-refractivity contribution in [3.8, 4) is 0 Å². The third-order valence-corrected chi connectivity index (χ3v) is 1.03. The summed E-state index contributed by atoms with van der Waals surface area (Å²) in [4.78, 5) is 0. The van der Waals surface area contributed by atoms with E-state index in [0.29, 0.717) is 0 Å². The Morgan fingerprint density at radius 1 is 0.824 bits per heavy atom. The number of anilines is 1. The highest BCUT2D eigenvalue weighted by Gasteiger charge is 2.45. The van der Waals surface area contributed by atoms with Gasteiger partial charge in [0.05, 0.1) is 0 Å². The third kappa shape index (κ3) is 14.8. The summed E-state index contributed by atoms with van der Waals surface area (Å²) in [6, 6.07) is 9.49. The van der Waals surface area contributed by atoms with E-state index in [1.54, 1.807) is 4.74 Å². The summed E-state index contributed by atoms with van der Waals surface area (Å²) in [5.74, 6) is 0. The molecule has 1 rings (SSSR count). The fourth-order valence-corrected chi connectivity index (χ4v) is 0.584. The lowest BCUT2D eigenvalue weighted by atomic mass is 10.3. The van der Waals surface area contributed by atoms with Crippen LogP contribution in [0.1, 0.15) is 0 Å². The number of nitrogen functional groups attached to an aromatic ring is 1. The smallest absolute Gasteiger partial charge is 0.399 e. The van der Waals surface area contributed by atoms with E-state index in [2.05, 4.69) is 0 Å². The molecule has 0 fully saturated rings. The largest absolute Gasteiger partial charge is 0.529 e. The van der Waals surface area contributed by atoms with E-state index in [4.69, 9.17) is 5.73 Å². The van der Waals surface area contributed by atoms with E-state index in [9.17, 15) is 26.3 Å². The molecule has 0 heterocycles. The Labute approximate surface area is 98.8 Å². The number of rotatable bonds is 0. The van der Waals surface area contributed by atoms with Gasteiger partial charge in [0.25, 0.3) is 0 Å². The first-order chi connectivity index (χ1) is 7.10. The van der Waals surface area contributed by atoms with E-state index in [-0.39, 0.29) is 12.4 Å². The molecule has 2 nitrogen and oxygen atoms in total. The van der Waals surface area contributed by atoms with Gasteiger partial charge in [0.2, 0.25) is 0 Å². The highest BCUT2D eigenvalue weighted by Crippen LogP contribution is 2.28. The van der Waals surface area contributed by atoms with Gasteiger partial charge in [0.15, 0.2) is 0 Å². The topological polar surface area (TPSA) is 35.2 Å². The summed E-state index contributed by atoms with van der Waals surface area (Å²) >= 11 is 0. The Kier molecular flexibility index (Phi) is 7.75. The molecule has 1 aromatic carbocycles. The van der Waals surface area contributed by atoms with Crippen LogP contribution in [0.5, 0.6) is 0 Å². The van der Waals surface area contributed by atoms with Crippen LogP contribution in [0, 0.1) is 0 Å². The van der Waals surface area contributed by atoms with E-state index >= 15 is 0 Å². The number of alkyl halides is 6. The van der Waals surface area contributed by atoms with Crippen LogP contribution in [-0.2, 0) is 4.74 Å². The average Bonchev–Trinajstić information content (AvgIpc) is 1.99. The number of benzene rings is 1. The molecule has 0 aliphatic carbocycles. The quantitative estimate of drug-likeness (QED) is 0.581. The van der Waals surface area contributed by atoms with Gasteiger partial charge in [-0.2, -0.15) is 4.74 Å².